The number of rotatable bonds is 4. The maximum Gasteiger partial charge on any atom is 0.338 e. The van der Waals surface area contributed by atoms with Gasteiger partial charge in [0.25, 0.3) is 0 Å². The molecule has 0 aliphatic rings. The van der Waals surface area contributed by atoms with Crippen LogP contribution < -0.4 is 4.72 Å². The Morgan fingerprint density at radius 1 is 1.41 bits per heavy atom. The van der Waals surface area contributed by atoms with Crippen molar-refractivity contribution in [3.8, 4) is 0 Å². The average Bonchev–Trinajstić information content (AvgIpc) is 2.20. The molecule has 0 amide bonds. The Bertz CT molecular complexity index is 542. The first-order chi connectivity index (χ1) is 7.74. The van der Waals surface area contributed by atoms with Gasteiger partial charge in [0.15, 0.2) is 0 Å². The highest BCUT2D eigenvalue weighted by atomic mass is 32.2. The van der Waals surface area contributed by atoms with E-state index in [1.54, 1.807) is 0 Å². The zero-order valence-corrected chi connectivity index (χ0v) is 9.95. The summed E-state index contributed by atoms with van der Waals surface area (Å²) in [6.45, 7) is 0. The van der Waals surface area contributed by atoms with Gasteiger partial charge in [0.2, 0.25) is 0 Å². The number of carbonyl (C=O) groups is 1. The lowest BCUT2D eigenvalue weighted by Gasteiger charge is -2.13. The zero-order chi connectivity index (χ0) is 13.2. The number of carboxylic acids is 1. The molecule has 0 saturated carbocycles. The van der Waals surface area contributed by atoms with Gasteiger partial charge in [-0.25, -0.2) is 9.18 Å². The maximum atomic E-state index is 13.0. The van der Waals surface area contributed by atoms with Crippen LogP contribution in [0.4, 0.5) is 10.1 Å². The number of nitrogens with one attached hydrogen (secondary N) is 1. The molecule has 0 bridgehead atoms. The standard InChI is InChI=1S/C9H11FN2O4S/c1-12(2)17(15,16)11-6-3-4-8(10)7(5-6)9(13)14/h3-5,11H,1-2H3,(H,13,14). The summed E-state index contributed by atoms with van der Waals surface area (Å²) >= 11 is 0. The molecule has 1 aromatic carbocycles. The molecule has 1 rings (SSSR count). The van der Waals surface area contributed by atoms with Crippen molar-refractivity contribution in [2.45, 2.75) is 0 Å². The maximum absolute atomic E-state index is 13.0. The van der Waals surface area contributed by atoms with Gasteiger partial charge in [0.05, 0.1) is 11.3 Å². The van der Waals surface area contributed by atoms with Crippen LogP contribution in [0.3, 0.4) is 0 Å². The molecule has 0 heterocycles. The molecular formula is C9H11FN2O4S. The number of halogens is 1. The average molecular weight is 262 g/mol. The van der Waals surface area contributed by atoms with E-state index < -0.39 is 27.6 Å². The van der Waals surface area contributed by atoms with Crippen LogP contribution in [-0.2, 0) is 10.2 Å². The van der Waals surface area contributed by atoms with Crippen LogP contribution in [0.1, 0.15) is 10.4 Å². The predicted octanol–water partition coefficient (Wildman–Crippen LogP) is 0.742. The van der Waals surface area contributed by atoms with Crippen LogP contribution in [-0.4, -0.2) is 37.9 Å². The molecule has 1 aromatic rings. The molecule has 0 fully saturated rings. The van der Waals surface area contributed by atoms with E-state index in [9.17, 15) is 17.6 Å². The fourth-order valence-corrected chi connectivity index (χ4v) is 1.60. The predicted molar refractivity (Wildman–Crippen MR) is 59.6 cm³/mol. The highest BCUT2D eigenvalue weighted by molar-refractivity contribution is 7.90. The van der Waals surface area contributed by atoms with Gasteiger partial charge in [-0.1, -0.05) is 0 Å². The number of aromatic carboxylic acids is 1. The number of benzene rings is 1. The summed E-state index contributed by atoms with van der Waals surface area (Å²) in [6.07, 6.45) is 0. The van der Waals surface area contributed by atoms with E-state index in [-0.39, 0.29) is 5.69 Å². The second-order valence-electron chi connectivity index (χ2n) is 3.39. The molecule has 0 aliphatic heterocycles. The highest BCUT2D eigenvalue weighted by Gasteiger charge is 2.16. The third-order valence-electron chi connectivity index (χ3n) is 1.92. The number of nitrogens with zero attached hydrogens (tertiary/aromatic N) is 1. The van der Waals surface area contributed by atoms with Crippen molar-refractivity contribution in [1.29, 1.82) is 0 Å². The summed E-state index contributed by atoms with van der Waals surface area (Å²) in [6, 6.07) is 2.94. The highest BCUT2D eigenvalue weighted by Crippen LogP contribution is 2.16. The van der Waals surface area contributed by atoms with Crippen LogP contribution in [0, 0.1) is 5.82 Å². The van der Waals surface area contributed by atoms with Gasteiger partial charge in [-0.05, 0) is 18.2 Å². The minimum absolute atomic E-state index is 0.0162. The van der Waals surface area contributed by atoms with Crippen LogP contribution in [0.25, 0.3) is 0 Å². The van der Waals surface area contributed by atoms with Gasteiger partial charge in [-0.3, -0.25) is 4.72 Å². The van der Waals surface area contributed by atoms with E-state index in [1.165, 1.54) is 14.1 Å². The van der Waals surface area contributed by atoms with Gasteiger partial charge in [-0.2, -0.15) is 12.7 Å². The summed E-state index contributed by atoms with van der Waals surface area (Å²) in [5.41, 5.74) is -0.610. The van der Waals surface area contributed by atoms with E-state index in [0.717, 1.165) is 22.5 Å². The fourth-order valence-electron chi connectivity index (χ4n) is 0.993. The number of carboxylic acid groups (broad SMARTS) is 1. The van der Waals surface area contributed by atoms with Gasteiger partial charge in [0.1, 0.15) is 5.82 Å². The minimum atomic E-state index is -3.74. The second-order valence-corrected chi connectivity index (χ2v) is 5.27. The minimum Gasteiger partial charge on any atom is -0.478 e. The number of hydrogen-bond donors (Lipinski definition) is 2. The van der Waals surface area contributed by atoms with Crippen LogP contribution in [0.2, 0.25) is 0 Å². The normalized spacial score (nSPS) is 11.5. The third-order valence-corrected chi connectivity index (χ3v) is 3.38. The smallest absolute Gasteiger partial charge is 0.338 e. The van der Waals surface area contributed by atoms with Gasteiger partial charge >= 0.3 is 16.2 Å². The SMILES string of the molecule is CN(C)S(=O)(=O)Nc1ccc(F)c(C(=O)O)c1. The first kappa shape index (κ1) is 13.4. The first-order valence-corrected chi connectivity index (χ1v) is 5.91. The summed E-state index contributed by atoms with van der Waals surface area (Å²) in [4.78, 5) is 10.6. The Balaban J connectivity index is 3.10. The van der Waals surface area contributed by atoms with Crippen molar-refractivity contribution >= 4 is 21.9 Å². The van der Waals surface area contributed by atoms with Crippen molar-refractivity contribution in [1.82, 2.24) is 4.31 Å². The van der Waals surface area contributed by atoms with Crippen LogP contribution >= 0.6 is 0 Å². The molecule has 6 nitrogen and oxygen atoms in total. The summed E-state index contributed by atoms with van der Waals surface area (Å²) in [5, 5.41) is 8.67. The van der Waals surface area contributed by atoms with Gasteiger partial charge in [-0.15, -0.1) is 0 Å². The number of anilines is 1. The fraction of sp³-hybridized carbons (Fsp3) is 0.222. The molecule has 0 atom stereocenters. The van der Waals surface area contributed by atoms with Crippen molar-refractivity contribution in [3.05, 3.63) is 29.6 Å². The zero-order valence-electron chi connectivity index (χ0n) is 9.14. The summed E-state index contributed by atoms with van der Waals surface area (Å²) < 4.78 is 38.9. The van der Waals surface area contributed by atoms with E-state index in [4.69, 9.17) is 5.11 Å². The molecule has 17 heavy (non-hydrogen) atoms. The molecular weight excluding hydrogens is 251 g/mol. The quantitative estimate of drug-likeness (QED) is 0.838. The molecule has 0 aliphatic carbocycles. The Kier molecular flexibility index (Phi) is 3.69. The van der Waals surface area contributed by atoms with Crippen molar-refractivity contribution < 1.29 is 22.7 Å². The van der Waals surface area contributed by atoms with E-state index in [1.807, 2.05) is 0 Å². The molecule has 0 radical (unpaired) electrons. The van der Waals surface area contributed by atoms with E-state index in [2.05, 4.69) is 4.72 Å². The van der Waals surface area contributed by atoms with E-state index >= 15 is 0 Å². The van der Waals surface area contributed by atoms with E-state index in [0.29, 0.717) is 0 Å². The Hall–Kier alpha value is -1.67. The van der Waals surface area contributed by atoms with Gasteiger partial charge in [0, 0.05) is 14.1 Å². The monoisotopic (exact) mass is 262 g/mol. The molecule has 94 valence electrons. The van der Waals surface area contributed by atoms with Crippen molar-refractivity contribution in [2.75, 3.05) is 18.8 Å². The van der Waals surface area contributed by atoms with Gasteiger partial charge < -0.3 is 5.11 Å². The Labute approximate surface area is 97.9 Å². The number of hydrogen-bond acceptors (Lipinski definition) is 3. The lowest BCUT2D eigenvalue weighted by atomic mass is 10.2. The molecule has 8 heteroatoms. The third kappa shape index (κ3) is 3.14. The van der Waals surface area contributed by atoms with Crippen LogP contribution in [0.5, 0.6) is 0 Å². The summed E-state index contributed by atoms with van der Waals surface area (Å²) in [5.74, 6) is -2.39. The summed E-state index contributed by atoms with van der Waals surface area (Å²) in [7, 11) is -1.12. The van der Waals surface area contributed by atoms with Crippen molar-refractivity contribution in [3.63, 3.8) is 0 Å². The Morgan fingerprint density at radius 3 is 2.47 bits per heavy atom. The lowest BCUT2D eigenvalue weighted by molar-refractivity contribution is 0.0692. The largest absolute Gasteiger partial charge is 0.478 e. The van der Waals surface area contributed by atoms with Crippen molar-refractivity contribution in [2.24, 2.45) is 0 Å². The molecule has 0 spiro atoms. The second kappa shape index (κ2) is 4.68. The molecule has 0 unspecified atom stereocenters. The topological polar surface area (TPSA) is 86.7 Å². The Morgan fingerprint density at radius 2 is 2.00 bits per heavy atom. The molecule has 0 aromatic heterocycles. The first-order valence-electron chi connectivity index (χ1n) is 4.47. The van der Waals surface area contributed by atoms with Crippen LogP contribution in [0.15, 0.2) is 18.2 Å². The molecule has 2 N–H and O–H groups in total. The lowest BCUT2D eigenvalue weighted by Crippen LogP contribution is -2.29. The molecule has 0 saturated heterocycles.